The lowest BCUT2D eigenvalue weighted by molar-refractivity contribution is -0.232. The van der Waals surface area contributed by atoms with Crippen LogP contribution in [0.4, 0.5) is 0 Å². The number of likely N-dealkylation sites (N-methyl/N-ethyl adjacent to an activating group) is 1. The summed E-state index contributed by atoms with van der Waals surface area (Å²) in [4.78, 5) is 2.39. The molecule has 1 saturated carbocycles. The van der Waals surface area contributed by atoms with Gasteiger partial charge >= 0.3 is 0 Å². The number of nitrogens with two attached hydrogens (primary N) is 1. The summed E-state index contributed by atoms with van der Waals surface area (Å²) in [6.07, 6.45) is 4.40. The van der Waals surface area contributed by atoms with Gasteiger partial charge in [0, 0.05) is 30.0 Å². The zero-order valence-corrected chi connectivity index (χ0v) is 13.5. The van der Waals surface area contributed by atoms with Gasteiger partial charge in [0.05, 0.1) is 18.9 Å². The fraction of sp³-hybridized carbons (Fsp3) is 0.765. The van der Waals surface area contributed by atoms with E-state index in [0.717, 1.165) is 38.4 Å². The zero-order valence-electron chi connectivity index (χ0n) is 13.5. The first-order valence-electron chi connectivity index (χ1n) is 8.14. The van der Waals surface area contributed by atoms with Crippen LogP contribution in [0.25, 0.3) is 0 Å². The Labute approximate surface area is 127 Å². The van der Waals surface area contributed by atoms with Crippen LogP contribution in [0.3, 0.4) is 0 Å². The van der Waals surface area contributed by atoms with Crippen molar-refractivity contribution in [1.82, 2.24) is 4.90 Å². The lowest BCUT2D eigenvalue weighted by atomic mass is 9.46. The minimum absolute atomic E-state index is 0.0364. The van der Waals surface area contributed by atoms with Crippen molar-refractivity contribution in [1.29, 1.82) is 0 Å². The average molecular weight is 292 g/mol. The molecule has 4 heteroatoms. The van der Waals surface area contributed by atoms with E-state index in [-0.39, 0.29) is 11.0 Å². The summed E-state index contributed by atoms with van der Waals surface area (Å²) in [5.41, 5.74) is 6.76. The molecule has 3 rings (SSSR count). The molecule has 2 aliphatic rings. The van der Waals surface area contributed by atoms with Crippen LogP contribution >= 0.6 is 0 Å². The second kappa shape index (κ2) is 5.41. The molecule has 2 fully saturated rings. The molecule has 1 saturated heterocycles. The number of ether oxygens (including phenoxy) is 1. The van der Waals surface area contributed by atoms with Gasteiger partial charge in [-0.3, -0.25) is 4.90 Å². The molecule has 21 heavy (non-hydrogen) atoms. The van der Waals surface area contributed by atoms with Gasteiger partial charge in [-0.1, -0.05) is 20.8 Å². The van der Waals surface area contributed by atoms with Crippen LogP contribution in [0.5, 0.6) is 0 Å². The first-order chi connectivity index (χ1) is 9.99. The van der Waals surface area contributed by atoms with Crippen molar-refractivity contribution < 1.29 is 9.15 Å². The molecule has 118 valence electrons. The molecule has 3 atom stereocenters. The normalized spacial score (nSPS) is 34.5. The van der Waals surface area contributed by atoms with Crippen molar-refractivity contribution >= 4 is 0 Å². The van der Waals surface area contributed by atoms with Gasteiger partial charge in [0.2, 0.25) is 0 Å². The van der Waals surface area contributed by atoms with E-state index in [1.807, 2.05) is 12.1 Å². The van der Waals surface area contributed by atoms with E-state index < -0.39 is 0 Å². The second-order valence-corrected chi connectivity index (χ2v) is 7.18. The number of nitrogens with zero attached hydrogens (tertiary/aromatic N) is 1. The van der Waals surface area contributed by atoms with Gasteiger partial charge in [0.1, 0.15) is 5.76 Å². The molecule has 4 nitrogen and oxygen atoms in total. The molecule has 0 aromatic carbocycles. The van der Waals surface area contributed by atoms with Crippen molar-refractivity contribution in [2.75, 3.05) is 19.7 Å². The van der Waals surface area contributed by atoms with Gasteiger partial charge in [0.15, 0.2) is 0 Å². The molecule has 2 N–H and O–H groups in total. The zero-order chi connectivity index (χ0) is 15.1. The molecular formula is C17H28N2O2. The third kappa shape index (κ3) is 2.33. The van der Waals surface area contributed by atoms with E-state index in [2.05, 4.69) is 25.7 Å². The Hall–Kier alpha value is -0.840. The predicted molar refractivity (Wildman–Crippen MR) is 82.8 cm³/mol. The maximum atomic E-state index is 6.89. The van der Waals surface area contributed by atoms with Crippen molar-refractivity contribution in [2.24, 2.45) is 17.1 Å². The lowest BCUT2D eigenvalue weighted by Gasteiger charge is -2.67. The largest absolute Gasteiger partial charge is 0.468 e. The van der Waals surface area contributed by atoms with Crippen molar-refractivity contribution in [3.8, 4) is 0 Å². The Kier molecular flexibility index (Phi) is 3.89. The van der Waals surface area contributed by atoms with E-state index in [0.29, 0.717) is 12.0 Å². The van der Waals surface area contributed by atoms with Gasteiger partial charge in [0.25, 0.3) is 0 Å². The topological polar surface area (TPSA) is 51.6 Å². The number of rotatable bonds is 5. The first kappa shape index (κ1) is 15.1. The van der Waals surface area contributed by atoms with Crippen molar-refractivity contribution in [2.45, 2.75) is 51.8 Å². The fourth-order valence-electron chi connectivity index (χ4n) is 4.26. The van der Waals surface area contributed by atoms with Crippen LogP contribution in [0.15, 0.2) is 22.8 Å². The van der Waals surface area contributed by atoms with E-state index in [9.17, 15) is 0 Å². The molecule has 1 aromatic rings. The van der Waals surface area contributed by atoms with Crippen LogP contribution < -0.4 is 5.73 Å². The monoisotopic (exact) mass is 292 g/mol. The second-order valence-electron chi connectivity index (χ2n) is 7.18. The van der Waals surface area contributed by atoms with E-state index in [1.165, 1.54) is 6.42 Å². The van der Waals surface area contributed by atoms with Crippen LogP contribution in [-0.2, 0) is 11.3 Å². The van der Waals surface area contributed by atoms with Crippen molar-refractivity contribution in [3.05, 3.63) is 24.2 Å². The van der Waals surface area contributed by atoms with Crippen LogP contribution in [-0.4, -0.2) is 36.2 Å². The van der Waals surface area contributed by atoms with E-state index >= 15 is 0 Å². The number of fused-ring (bicyclic) bond motifs is 1. The minimum atomic E-state index is -0.166. The quantitative estimate of drug-likeness (QED) is 0.906. The molecule has 1 aromatic heterocycles. The Morgan fingerprint density at radius 2 is 2.24 bits per heavy atom. The summed E-state index contributed by atoms with van der Waals surface area (Å²) in [5.74, 6) is 1.50. The van der Waals surface area contributed by atoms with Crippen LogP contribution in [0.1, 0.15) is 39.4 Å². The minimum Gasteiger partial charge on any atom is -0.468 e. The Morgan fingerprint density at radius 3 is 2.90 bits per heavy atom. The summed E-state index contributed by atoms with van der Waals surface area (Å²) >= 11 is 0. The maximum absolute atomic E-state index is 6.89. The molecule has 0 spiro atoms. The number of hydrogen-bond donors (Lipinski definition) is 1. The Morgan fingerprint density at radius 1 is 1.43 bits per heavy atom. The molecular weight excluding hydrogens is 264 g/mol. The van der Waals surface area contributed by atoms with E-state index in [4.69, 9.17) is 14.9 Å². The van der Waals surface area contributed by atoms with Crippen molar-refractivity contribution in [3.63, 3.8) is 0 Å². The highest BCUT2D eigenvalue weighted by molar-refractivity contribution is 5.21. The maximum Gasteiger partial charge on any atom is 0.117 e. The van der Waals surface area contributed by atoms with Gasteiger partial charge in [-0.2, -0.15) is 0 Å². The highest BCUT2D eigenvalue weighted by Gasteiger charge is 2.66. The fourth-order valence-corrected chi connectivity index (χ4v) is 4.26. The first-order valence-corrected chi connectivity index (χ1v) is 8.14. The Balaban J connectivity index is 1.72. The summed E-state index contributed by atoms with van der Waals surface area (Å²) in [5, 5.41) is 0. The van der Waals surface area contributed by atoms with Gasteiger partial charge in [-0.25, -0.2) is 0 Å². The van der Waals surface area contributed by atoms with Gasteiger partial charge < -0.3 is 14.9 Å². The SMILES string of the molecule is CCN(Cc1ccco1)CC1(N)C2CCCOC2C1(C)C. The van der Waals surface area contributed by atoms with Gasteiger partial charge in [-0.15, -0.1) is 0 Å². The third-order valence-corrected chi connectivity index (χ3v) is 5.79. The van der Waals surface area contributed by atoms with Crippen LogP contribution in [0, 0.1) is 11.3 Å². The predicted octanol–water partition coefficient (Wildman–Crippen LogP) is 2.63. The molecule has 0 amide bonds. The van der Waals surface area contributed by atoms with E-state index in [1.54, 1.807) is 6.26 Å². The number of hydrogen-bond acceptors (Lipinski definition) is 4. The highest BCUT2D eigenvalue weighted by Crippen LogP contribution is 2.57. The summed E-state index contributed by atoms with van der Waals surface area (Å²) < 4.78 is 11.5. The molecule has 2 heterocycles. The van der Waals surface area contributed by atoms with Crippen LogP contribution in [0.2, 0.25) is 0 Å². The summed E-state index contributed by atoms with van der Waals surface area (Å²) in [6.45, 7) is 10.3. The van der Waals surface area contributed by atoms with Gasteiger partial charge in [-0.05, 0) is 31.5 Å². The average Bonchev–Trinajstić information content (AvgIpc) is 2.99. The Bertz CT molecular complexity index is 471. The number of furan rings is 1. The highest BCUT2D eigenvalue weighted by atomic mass is 16.5. The lowest BCUT2D eigenvalue weighted by Crippen LogP contribution is -2.80. The summed E-state index contributed by atoms with van der Waals surface area (Å²) in [6, 6.07) is 3.98. The smallest absolute Gasteiger partial charge is 0.117 e. The molecule has 1 aliphatic heterocycles. The summed E-state index contributed by atoms with van der Waals surface area (Å²) in [7, 11) is 0. The molecule has 3 unspecified atom stereocenters. The molecule has 1 aliphatic carbocycles. The molecule has 0 radical (unpaired) electrons. The third-order valence-electron chi connectivity index (χ3n) is 5.79. The standard InChI is InChI=1S/C17H28N2O2/c1-4-19(11-13-7-5-9-20-13)12-17(18)14-8-6-10-21-15(14)16(17,2)3/h5,7,9,14-15H,4,6,8,10-12,18H2,1-3H3. The molecule has 0 bridgehead atoms.